The molecule has 0 aromatic heterocycles. The van der Waals surface area contributed by atoms with E-state index in [4.69, 9.17) is 37.4 Å². The molecule has 0 saturated heterocycles. The number of hydrogen-bond acceptors (Lipinski definition) is 5. The van der Waals surface area contributed by atoms with Crippen molar-refractivity contribution in [2.75, 3.05) is 35.1 Å². The van der Waals surface area contributed by atoms with Crippen LogP contribution in [0.25, 0.3) is 21.5 Å². The average molecular weight is 748 g/mol. The summed E-state index contributed by atoms with van der Waals surface area (Å²) in [4.78, 5) is 14.6. The average Bonchev–Trinajstić information content (AvgIpc) is 3.78. The zero-order chi connectivity index (χ0) is 37.0. The van der Waals surface area contributed by atoms with Crippen molar-refractivity contribution < 1.29 is 19.0 Å². The molecule has 0 saturated carbocycles. The quantitative estimate of drug-likeness (QED) is 0.157. The Bertz CT molecular complexity index is 2200. The topological polar surface area (TPSA) is 60.0 Å². The smallest absolute Gasteiger partial charge is 0.414 e. The van der Waals surface area contributed by atoms with E-state index in [-0.39, 0.29) is 12.0 Å². The van der Waals surface area contributed by atoms with E-state index in [1.165, 1.54) is 16.5 Å². The van der Waals surface area contributed by atoms with E-state index in [9.17, 15) is 4.79 Å². The van der Waals surface area contributed by atoms with E-state index in [0.29, 0.717) is 37.4 Å². The molecule has 0 aliphatic carbocycles. The fourth-order valence-corrected chi connectivity index (χ4v) is 7.67. The zero-order valence-electron chi connectivity index (χ0n) is 30.3. The summed E-state index contributed by atoms with van der Waals surface area (Å²) in [7, 11) is 0. The van der Waals surface area contributed by atoms with E-state index < -0.39 is 5.60 Å². The first-order chi connectivity index (χ1) is 25.7. The number of ether oxygens (including phenoxy) is 3. The maximum Gasteiger partial charge on any atom is 0.414 e. The van der Waals surface area contributed by atoms with Gasteiger partial charge >= 0.3 is 6.09 Å². The third-order valence-electron chi connectivity index (χ3n) is 9.58. The lowest BCUT2D eigenvalue weighted by Gasteiger charge is -2.25. The summed E-state index contributed by atoms with van der Waals surface area (Å²) in [5.41, 5.74) is 6.06. The number of carbonyl (C=O) groups excluding carboxylic acids is 1. The Labute approximate surface area is 321 Å². The molecule has 0 unspecified atom stereocenters. The molecule has 2 aliphatic heterocycles. The number of nitrogens with zero attached hydrogens (tertiary/aromatic N) is 1. The van der Waals surface area contributed by atoms with Gasteiger partial charge in [-0.25, -0.2) is 4.79 Å². The van der Waals surface area contributed by atoms with Crippen LogP contribution in [0.5, 0.6) is 11.5 Å². The molecule has 272 valence electrons. The second-order valence-corrected chi connectivity index (χ2v) is 15.1. The lowest BCUT2D eigenvalue weighted by molar-refractivity contribution is 0.0582. The number of amides is 1. The Hall–Kier alpha value is -4.91. The van der Waals surface area contributed by atoms with Gasteiger partial charge in [0.1, 0.15) is 30.3 Å². The summed E-state index contributed by atoms with van der Waals surface area (Å²) in [5.74, 6) is 3.14. The highest BCUT2D eigenvalue weighted by atomic mass is 35.5. The van der Waals surface area contributed by atoms with Crippen LogP contribution < -0.4 is 19.7 Å². The minimum absolute atomic E-state index is 0.0438. The van der Waals surface area contributed by atoms with E-state index in [1.54, 1.807) is 4.90 Å². The molecule has 1 amide bonds. The Morgan fingerprint density at radius 3 is 1.70 bits per heavy atom. The number of fused-ring (bicyclic) bond motifs is 6. The van der Waals surface area contributed by atoms with Crippen molar-refractivity contribution >= 4 is 62.2 Å². The van der Waals surface area contributed by atoms with Gasteiger partial charge in [0.25, 0.3) is 0 Å². The SMILES string of the molecule is CC(C)(C)OC(=O)N1C[C@@H](CCl)c2c1cc(OCc1ccccc1)c1ccccc21.ClC[C@@H]1CNc2cc(OCc3ccccc3)c3ccccc3c21. The number of rotatable bonds is 8. The van der Waals surface area contributed by atoms with Gasteiger partial charge in [-0.1, -0.05) is 109 Å². The summed E-state index contributed by atoms with van der Waals surface area (Å²) >= 11 is 12.5. The van der Waals surface area contributed by atoms with Crippen molar-refractivity contribution in [1.29, 1.82) is 0 Å². The molecule has 0 spiro atoms. The number of alkyl halides is 2. The highest BCUT2D eigenvalue weighted by molar-refractivity contribution is 6.19. The van der Waals surface area contributed by atoms with Crippen molar-refractivity contribution in [3.05, 3.63) is 144 Å². The minimum atomic E-state index is -0.570. The van der Waals surface area contributed by atoms with Gasteiger partial charge < -0.3 is 19.5 Å². The monoisotopic (exact) mass is 746 g/mol. The first kappa shape index (κ1) is 36.4. The molecule has 1 N–H and O–H groups in total. The van der Waals surface area contributed by atoms with Gasteiger partial charge in [-0.05, 0) is 53.8 Å². The number of halogens is 2. The Morgan fingerprint density at radius 1 is 0.679 bits per heavy atom. The Kier molecular flexibility index (Phi) is 11.0. The van der Waals surface area contributed by atoms with Crippen molar-refractivity contribution in [3.63, 3.8) is 0 Å². The number of carbonyl (C=O) groups is 1. The molecular weight excluding hydrogens is 703 g/mol. The van der Waals surface area contributed by atoms with Crippen molar-refractivity contribution in [1.82, 2.24) is 0 Å². The van der Waals surface area contributed by atoms with Crippen LogP contribution in [-0.2, 0) is 18.0 Å². The van der Waals surface area contributed by atoms with Crippen LogP contribution >= 0.6 is 23.2 Å². The van der Waals surface area contributed by atoms with Crippen molar-refractivity contribution in [2.45, 2.75) is 51.4 Å². The molecule has 53 heavy (non-hydrogen) atoms. The van der Waals surface area contributed by atoms with Gasteiger partial charge in [-0.3, -0.25) is 4.90 Å². The first-order valence-electron chi connectivity index (χ1n) is 18.0. The van der Waals surface area contributed by atoms with Crippen LogP contribution in [0.1, 0.15) is 54.9 Å². The van der Waals surface area contributed by atoms with Crippen LogP contribution in [0, 0.1) is 0 Å². The predicted octanol–water partition coefficient (Wildman–Crippen LogP) is 11.7. The van der Waals surface area contributed by atoms with Crippen LogP contribution in [0.2, 0.25) is 0 Å². The molecule has 6 nitrogen and oxygen atoms in total. The van der Waals surface area contributed by atoms with Gasteiger partial charge in [0.2, 0.25) is 0 Å². The molecule has 8 rings (SSSR count). The first-order valence-corrected chi connectivity index (χ1v) is 19.1. The summed E-state index contributed by atoms with van der Waals surface area (Å²) in [5, 5.41) is 7.95. The zero-order valence-corrected chi connectivity index (χ0v) is 31.8. The van der Waals surface area contributed by atoms with Gasteiger partial charge in [0.05, 0.1) is 5.69 Å². The van der Waals surface area contributed by atoms with E-state index >= 15 is 0 Å². The molecule has 6 aromatic rings. The van der Waals surface area contributed by atoms with Crippen LogP contribution in [0.3, 0.4) is 0 Å². The van der Waals surface area contributed by atoms with Gasteiger partial charge in [-0.2, -0.15) is 0 Å². The Morgan fingerprint density at radius 2 is 1.17 bits per heavy atom. The van der Waals surface area contributed by atoms with E-state index in [0.717, 1.165) is 56.7 Å². The summed E-state index contributed by atoms with van der Waals surface area (Å²) in [6.07, 6.45) is -0.361. The summed E-state index contributed by atoms with van der Waals surface area (Å²) < 4.78 is 18.0. The largest absolute Gasteiger partial charge is 0.488 e. The second-order valence-electron chi connectivity index (χ2n) is 14.5. The number of benzene rings is 6. The van der Waals surface area contributed by atoms with Crippen molar-refractivity contribution in [2.24, 2.45) is 0 Å². The maximum absolute atomic E-state index is 12.9. The summed E-state index contributed by atoms with van der Waals surface area (Å²) in [6, 6.07) is 40.9. The maximum atomic E-state index is 12.9. The number of nitrogens with one attached hydrogen (secondary N) is 1. The molecular formula is C45H44Cl2N2O4. The molecule has 2 heterocycles. The van der Waals surface area contributed by atoms with E-state index in [1.807, 2.05) is 87.5 Å². The Balaban J connectivity index is 0.000000170. The van der Waals surface area contributed by atoms with Crippen LogP contribution in [0.15, 0.2) is 121 Å². The molecule has 8 heteroatoms. The molecule has 2 atom stereocenters. The number of hydrogen-bond donors (Lipinski definition) is 1. The molecule has 6 aromatic carbocycles. The lowest BCUT2D eigenvalue weighted by Crippen LogP contribution is -2.36. The molecule has 0 bridgehead atoms. The minimum Gasteiger partial charge on any atom is -0.488 e. The standard InChI is InChI=1S/C25H26ClNO3.C20H18ClNO/c1-25(2,3)30-24(28)27-15-18(14-26)23-20-12-8-7-11-19(20)22(13-21(23)27)29-16-17-9-5-4-6-10-17;21-11-15-12-22-18-10-19(23-13-14-6-2-1-3-7-14)16-8-4-5-9-17(16)20(15)18/h4-13,18H,14-16H2,1-3H3;1-10,15,22H,11-13H2/t18-;15-/m11/s1. The molecule has 0 radical (unpaired) electrons. The fourth-order valence-electron chi connectivity index (χ4n) is 7.16. The van der Waals surface area contributed by atoms with Gasteiger partial charge in [0.15, 0.2) is 0 Å². The second kappa shape index (κ2) is 16.0. The third-order valence-corrected chi connectivity index (χ3v) is 10.3. The molecule has 0 fully saturated rings. The molecule has 2 aliphatic rings. The third kappa shape index (κ3) is 8.04. The van der Waals surface area contributed by atoms with E-state index in [2.05, 4.69) is 59.9 Å². The fraction of sp³-hybridized carbons (Fsp3) is 0.267. The van der Waals surface area contributed by atoms with Gasteiger partial charge in [0, 0.05) is 65.3 Å². The van der Waals surface area contributed by atoms with Crippen molar-refractivity contribution in [3.8, 4) is 11.5 Å². The summed E-state index contributed by atoms with van der Waals surface area (Å²) in [6.45, 7) is 8.03. The van der Waals surface area contributed by atoms with Gasteiger partial charge in [-0.15, -0.1) is 23.2 Å². The lowest BCUT2D eigenvalue weighted by atomic mass is 9.95. The normalized spacial score (nSPS) is 16.0. The van der Waals surface area contributed by atoms with Crippen LogP contribution in [0.4, 0.5) is 16.2 Å². The number of anilines is 2. The predicted molar refractivity (Wildman–Crippen MR) is 218 cm³/mol. The highest BCUT2D eigenvalue weighted by Gasteiger charge is 2.37. The highest BCUT2D eigenvalue weighted by Crippen LogP contribution is 2.46. The van der Waals surface area contributed by atoms with Crippen LogP contribution in [-0.4, -0.2) is 36.5 Å².